The fourth-order valence-electron chi connectivity index (χ4n) is 4.52. The fraction of sp³-hybridized carbons (Fsp3) is 0.652. The molecule has 3 rings (SSSR count). The van der Waals surface area contributed by atoms with Crippen molar-refractivity contribution in [3.05, 3.63) is 35.4 Å². The molecule has 5 heteroatoms. The second kappa shape index (κ2) is 9.08. The summed E-state index contributed by atoms with van der Waals surface area (Å²) in [4.78, 5) is 29.3. The van der Waals surface area contributed by atoms with Crippen LogP contribution in [0.4, 0.5) is 0 Å². The summed E-state index contributed by atoms with van der Waals surface area (Å²) in [6, 6.07) is 7.60. The number of likely N-dealkylation sites (tertiary alicyclic amines) is 2. The number of piperidine rings is 2. The third-order valence-electron chi connectivity index (χ3n) is 6.30. The minimum absolute atomic E-state index is 0.0227. The number of aliphatic hydroxyl groups excluding tert-OH is 1. The lowest BCUT2D eigenvalue weighted by molar-refractivity contribution is -0.142. The monoisotopic (exact) mass is 386 g/mol. The Hall–Kier alpha value is -1.88. The van der Waals surface area contributed by atoms with E-state index in [-0.39, 0.29) is 23.8 Å². The predicted molar refractivity (Wildman–Crippen MR) is 110 cm³/mol. The van der Waals surface area contributed by atoms with Crippen molar-refractivity contribution >= 4 is 11.8 Å². The van der Waals surface area contributed by atoms with Crippen LogP contribution in [0.2, 0.25) is 0 Å². The zero-order valence-electron chi connectivity index (χ0n) is 17.3. The van der Waals surface area contributed by atoms with Crippen molar-refractivity contribution in [2.75, 3.05) is 26.2 Å². The molecule has 28 heavy (non-hydrogen) atoms. The molecule has 0 bridgehead atoms. The predicted octanol–water partition coefficient (Wildman–Crippen LogP) is 3.00. The molecule has 1 aromatic carbocycles. The third-order valence-corrected chi connectivity index (χ3v) is 6.30. The molecule has 0 aliphatic carbocycles. The third kappa shape index (κ3) is 5.13. The van der Waals surface area contributed by atoms with Crippen molar-refractivity contribution in [2.45, 2.75) is 59.0 Å². The Bertz CT molecular complexity index is 686. The molecular weight excluding hydrogens is 352 g/mol. The number of carbonyl (C=O) groups is 2. The van der Waals surface area contributed by atoms with Gasteiger partial charge >= 0.3 is 0 Å². The van der Waals surface area contributed by atoms with Gasteiger partial charge in [-0.1, -0.05) is 38.1 Å². The maximum absolute atomic E-state index is 12.9. The summed E-state index contributed by atoms with van der Waals surface area (Å²) in [6.45, 7) is 7.63. The number of hydrogen-bond acceptors (Lipinski definition) is 3. The molecule has 1 spiro atoms. The molecule has 5 nitrogen and oxygen atoms in total. The van der Waals surface area contributed by atoms with E-state index in [4.69, 9.17) is 5.11 Å². The van der Waals surface area contributed by atoms with Crippen LogP contribution in [0.1, 0.15) is 57.1 Å². The molecule has 1 atom stereocenters. The molecular formula is C23H34N2O3. The van der Waals surface area contributed by atoms with Crippen LogP contribution in [-0.2, 0) is 22.6 Å². The van der Waals surface area contributed by atoms with Gasteiger partial charge in [0, 0.05) is 38.0 Å². The molecule has 154 valence electrons. The van der Waals surface area contributed by atoms with E-state index < -0.39 is 0 Å². The quantitative estimate of drug-likeness (QED) is 0.818. The largest absolute Gasteiger partial charge is 0.392 e. The highest BCUT2D eigenvalue weighted by atomic mass is 16.3. The number of rotatable bonds is 6. The first-order valence-corrected chi connectivity index (χ1v) is 10.6. The van der Waals surface area contributed by atoms with Crippen LogP contribution in [0.25, 0.3) is 0 Å². The van der Waals surface area contributed by atoms with E-state index in [0.29, 0.717) is 18.8 Å². The highest BCUT2D eigenvalue weighted by Crippen LogP contribution is 2.39. The smallest absolute Gasteiger partial charge is 0.227 e. The Balaban J connectivity index is 1.61. The van der Waals surface area contributed by atoms with Crippen LogP contribution in [0, 0.1) is 11.3 Å². The first-order valence-electron chi connectivity index (χ1n) is 10.6. The van der Waals surface area contributed by atoms with Gasteiger partial charge in [-0.3, -0.25) is 9.59 Å². The van der Waals surface area contributed by atoms with Crippen molar-refractivity contribution in [3.63, 3.8) is 0 Å². The van der Waals surface area contributed by atoms with Crippen molar-refractivity contribution in [3.8, 4) is 0 Å². The Morgan fingerprint density at radius 2 is 1.86 bits per heavy atom. The molecule has 0 aromatic heterocycles. The summed E-state index contributed by atoms with van der Waals surface area (Å²) in [5.41, 5.74) is 1.92. The Morgan fingerprint density at radius 1 is 1.14 bits per heavy atom. The lowest BCUT2D eigenvalue weighted by Crippen LogP contribution is -2.55. The van der Waals surface area contributed by atoms with Gasteiger partial charge in [0.1, 0.15) is 0 Å². The summed E-state index contributed by atoms with van der Waals surface area (Å²) < 4.78 is 0. The second-order valence-corrected chi connectivity index (χ2v) is 9.07. The van der Waals surface area contributed by atoms with Crippen molar-refractivity contribution in [2.24, 2.45) is 11.3 Å². The number of carbonyl (C=O) groups excluding carboxylic acids is 2. The first-order chi connectivity index (χ1) is 13.4. The highest BCUT2D eigenvalue weighted by Gasteiger charge is 2.42. The zero-order valence-corrected chi connectivity index (χ0v) is 17.3. The maximum atomic E-state index is 12.9. The molecule has 1 N–H and O–H groups in total. The lowest BCUT2D eigenvalue weighted by Gasteiger charge is -2.48. The van der Waals surface area contributed by atoms with Gasteiger partial charge in [-0.2, -0.15) is 0 Å². The summed E-state index contributed by atoms with van der Waals surface area (Å²) in [5.74, 6) is 1.03. The van der Waals surface area contributed by atoms with Gasteiger partial charge in [-0.05, 0) is 42.7 Å². The number of nitrogens with zero attached hydrogens (tertiary/aromatic N) is 2. The van der Waals surface area contributed by atoms with Crippen LogP contribution in [0.3, 0.4) is 0 Å². The van der Waals surface area contributed by atoms with E-state index in [1.54, 1.807) is 0 Å². The van der Waals surface area contributed by atoms with Crippen LogP contribution < -0.4 is 0 Å². The summed E-state index contributed by atoms with van der Waals surface area (Å²) >= 11 is 0. The minimum atomic E-state index is 0.0227. The zero-order chi connectivity index (χ0) is 20.1. The number of benzene rings is 1. The van der Waals surface area contributed by atoms with Gasteiger partial charge in [0.05, 0.1) is 13.0 Å². The summed E-state index contributed by atoms with van der Waals surface area (Å²) in [6.07, 6.45) is 5.07. The average molecular weight is 387 g/mol. The SMILES string of the molecule is CC(C)CCN1C[C@]2(CCCN(C(=O)Cc3ccc(CO)cc3)C2)CCC1=O. The molecule has 1 aromatic rings. The van der Waals surface area contributed by atoms with Crippen LogP contribution >= 0.6 is 0 Å². The molecule has 2 amide bonds. The highest BCUT2D eigenvalue weighted by molar-refractivity contribution is 5.79. The van der Waals surface area contributed by atoms with Crippen molar-refractivity contribution in [1.29, 1.82) is 0 Å². The molecule has 2 fully saturated rings. The molecule has 2 aliphatic heterocycles. The normalized spacial score (nSPS) is 22.9. The molecule has 0 saturated carbocycles. The average Bonchev–Trinajstić information content (AvgIpc) is 2.69. The first kappa shape index (κ1) is 20.8. The molecule has 0 unspecified atom stereocenters. The standard InChI is InChI=1S/C23H34N2O3/c1-18(2)9-13-25-17-23(11-8-21(25)27)10-3-12-24(16-23)22(28)14-19-4-6-20(15-26)7-5-19/h4-7,18,26H,3,8-17H2,1-2H3/t23-/m1/s1. The van der Waals surface area contributed by atoms with E-state index in [2.05, 4.69) is 13.8 Å². The fourth-order valence-corrected chi connectivity index (χ4v) is 4.52. The van der Waals surface area contributed by atoms with Gasteiger partial charge in [0.2, 0.25) is 11.8 Å². The number of amides is 2. The van der Waals surface area contributed by atoms with Crippen LogP contribution in [0.5, 0.6) is 0 Å². The van der Waals surface area contributed by atoms with E-state index in [0.717, 1.165) is 63.0 Å². The van der Waals surface area contributed by atoms with Gasteiger partial charge in [0.25, 0.3) is 0 Å². The minimum Gasteiger partial charge on any atom is -0.392 e. The van der Waals surface area contributed by atoms with Gasteiger partial charge in [-0.25, -0.2) is 0 Å². The Kier molecular flexibility index (Phi) is 6.76. The van der Waals surface area contributed by atoms with E-state index >= 15 is 0 Å². The molecule has 0 radical (unpaired) electrons. The number of hydrogen-bond donors (Lipinski definition) is 1. The van der Waals surface area contributed by atoms with E-state index in [1.165, 1.54) is 0 Å². The van der Waals surface area contributed by atoms with Crippen LogP contribution in [-0.4, -0.2) is 52.9 Å². The second-order valence-electron chi connectivity index (χ2n) is 9.07. The van der Waals surface area contributed by atoms with Crippen molar-refractivity contribution in [1.82, 2.24) is 9.80 Å². The Labute approximate surface area is 168 Å². The lowest BCUT2D eigenvalue weighted by atomic mass is 9.73. The van der Waals surface area contributed by atoms with Gasteiger partial charge < -0.3 is 14.9 Å². The topological polar surface area (TPSA) is 60.9 Å². The summed E-state index contributed by atoms with van der Waals surface area (Å²) in [5, 5.41) is 9.16. The molecule has 2 aliphatic rings. The van der Waals surface area contributed by atoms with Gasteiger partial charge in [0.15, 0.2) is 0 Å². The number of aliphatic hydroxyl groups is 1. The summed E-state index contributed by atoms with van der Waals surface area (Å²) in [7, 11) is 0. The maximum Gasteiger partial charge on any atom is 0.227 e. The van der Waals surface area contributed by atoms with Gasteiger partial charge in [-0.15, -0.1) is 0 Å². The van der Waals surface area contributed by atoms with Crippen molar-refractivity contribution < 1.29 is 14.7 Å². The Morgan fingerprint density at radius 3 is 2.54 bits per heavy atom. The molecule has 2 saturated heterocycles. The molecule has 2 heterocycles. The van der Waals surface area contributed by atoms with E-state index in [9.17, 15) is 9.59 Å². The van der Waals surface area contributed by atoms with E-state index in [1.807, 2.05) is 34.1 Å². The van der Waals surface area contributed by atoms with Crippen LogP contribution in [0.15, 0.2) is 24.3 Å².